The van der Waals surface area contributed by atoms with E-state index < -0.39 is 11.8 Å². The zero-order valence-electron chi connectivity index (χ0n) is 16.3. The number of hydrogen-bond acceptors (Lipinski definition) is 4. The molecule has 0 aliphatic carbocycles. The Morgan fingerprint density at radius 2 is 1.74 bits per heavy atom. The minimum atomic E-state index is -0.644. The van der Waals surface area contributed by atoms with E-state index in [2.05, 4.69) is 17.6 Å². The number of likely N-dealkylation sites (tertiary alicyclic amines) is 1. The Labute approximate surface area is 160 Å². The maximum Gasteiger partial charge on any atom is 0.409 e. The van der Waals surface area contributed by atoms with Gasteiger partial charge in [0, 0.05) is 19.1 Å². The first-order chi connectivity index (χ1) is 12.9. The number of carbonyl (C=O) groups is 3. The third-order valence-corrected chi connectivity index (χ3v) is 4.80. The largest absolute Gasteiger partial charge is 0.450 e. The van der Waals surface area contributed by atoms with Gasteiger partial charge in [-0.3, -0.25) is 9.59 Å². The second-order valence-electron chi connectivity index (χ2n) is 6.72. The second-order valence-corrected chi connectivity index (χ2v) is 6.72. The van der Waals surface area contributed by atoms with Gasteiger partial charge in [-0.1, -0.05) is 31.2 Å². The number of ether oxygens (including phenoxy) is 1. The van der Waals surface area contributed by atoms with Crippen LogP contribution in [0.15, 0.2) is 24.3 Å². The second kappa shape index (κ2) is 9.94. The van der Waals surface area contributed by atoms with Gasteiger partial charge in [0.25, 0.3) is 0 Å². The number of aryl methyl sites for hydroxylation is 1. The van der Waals surface area contributed by atoms with Crippen molar-refractivity contribution < 1.29 is 19.1 Å². The molecule has 0 aromatic heterocycles. The molecule has 2 rings (SSSR count). The van der Waals surface area contributed by atoms with Gasteiger partial charge in [0.2, 0.25) is 0 Å². The van der Waals surface area contributed by atoms with Crippen LogP contribution in [-0.2, 0) is 20.7 Å². The van der Waals surface area contributed by atoms with Crippen LogP contribution >= 0.6 is 0 Å². The van der Waals surface area contributed by atoms with Crippen molar-refractivity contribution in [3.8, 4) is 0 Å². The molecule has 0 spiro atoms. The molecule has 7 heteroatoms. The lowest BCUT2D eigenvalue weighted by Gasteiger charge is -2.31. The molecule has 1 fully saturated rings. The SMILES string of the molecule is CCOC(=O)N1CCC(NC(=O)C(=O)NC(C)c2ccc(CC)cc2)CC1. The highest BCUT2D eigenvalue weighted by atomic mass is 16.6. The monoisotopic (exact) mass is 375 g/mol. The number of carbonyl (C=O) groups excluding carboxylic acids is 3. The lowest BCUT2D eigenvalue weighted by Crippen LogP contribution is -2.50. The smallest absolute Gasteiger partial charge is 0.409 e. The van der Waals surface area contributed by atoms with E-state index in [1.165, 1.54) is 5.56 Å². The number of nitrogens with zero attached hydrogens (tertiary/aromatic N) is 1. The maximum absolute atomic E-state index is 12.2. The van der Waals surface area contributed by atoms with Crippen molar-refractivity contribution >= 4 is 17.9 Å². The molecular weight excluding hydrogens is 346 g/mol. The van der Waals surface area contributed by atoms with Gasteiger partial charge in [0.1, 0.15) is 0 Å². The predicted octanol–water partition coefficient (Wildman–Crippen LogP) is 2.16. The normalized spacial score (nSPS) is 15.7. The number of amides is 3. The molecule has 7 nitrogen and oxygen atoms in total. The molecule has 0 bridgehead atoms. The van der Waals surface area contributed by atoms with Crippen molar-refractivity contribution in [1.29, 1.82) is 0 Å². The molecule has 1 aromatic carbocycles. The molecule has 1 aromatic rings. The number of piperidine rings is 1. The fraction of sp³-hybridized carbons (Fsp3) is 0.550. The molecular formula is C20H29N3O4. The quantitative estimate of drug-likeness (QED) is 0.772. The van der Waals surface area contributed by atoms with E-state index in [9.17, 15) is 14.4 Å². The number of benzene rings is 1. The van der Waals surface area contributed by atoms with E-state index in [1.807, 2.05) is 31.2 Å². The highest BCUT2D eigenvalue weighted by molar-refractivity contribution is 6.35. The summed E-state index contributed by atoms with van der Waals surface area (Å²) in [5.74, 6) is -1.28. The lowest BCUT2D eigenvalue weighted by atomic mass is 10.0. The van der Waals surface area contributed by atoms with Gasteiger partial charge in [0.15, 0.2) is 0 Å². The number of hydrogen-bond donors (Lipinski definition) is 2. The molecule has 1 heterocycles. The predicted molar refractivity (Wildman–Crippen MR) is 102 cm³/mol. The molecule has 1 saturated heterocycles. The van der Waals surface area contributed by atoms with Crippen molar-refractivity contribution in [2.75, 3.05) is 19.7 Å². The van der Waals surface area contributed by atoms with Gasteiger partial charge in [-0.15, -0.1) is 0 Å². The van der Waals surface area contributed by atoms with Crippen LogP contribution in [0.2, 0.25) is 0 Å². The van der Waals surface area contributed by atoms with Gasteiger partial charge < -0.3 is 20.3 Å². The standard InChI is InChI=1S/C20H29N3O4/c1-4-15-6-8-16(9-7-15)14(3)21-18(24)19(25)22-17-10-12-23(13-11-17)20(26)27-5-2/h6-9,14,17H,4-5,10-13H2,1-3H3,(H,21,24)(H,22,25). The fourth-order valence-corrected chi connectivity index (χ4v) is 3.06. The van der Waals surface area contributed by atoms with E-state index in [4.69, 9.17) is 4.74 Å². The summed E-state index contributed by atoms with van der Waals surface area (Å²) < 4.78 is 4.97. The fourth-order valence-electron chi connectivity index (χ4n) is 3.06. The molecule has 0 radical (unpaired) electrons. The van der Waals surface area contributed by atoms with Crippen molar-refractivity contribution in [3.63, 3.8) is 0 Å². The van der Waals surface area contributed by atoms with Crippen molar-refractivity contribution in [2.24, 2.45) is 0 Å². The van der Waals surface area contributed by atoms with Crippen LogP contribution in [0.3, 0.4) is 0 Å². The molecule has 2 N–H and O–H groups in total. The van der Waals surface area contributed by atoms with Gasteiger partial charge in [0.05, 0.1) is 12.6 Å². The van der Waals surface area contributed by atoms with E-state index in [1.54, 1.807) is 11.8 Å². The van der Waals surface area contributed by atoms with E-state index in [0.29, 0.717) is 32.5 Å². The maximum atomic E-state index is 12.2. The third kappa shape index (κ3) is 5.98. The van der Waals surface area contributed by atoms with Gasteiger partial charge in [-0.25, -0.2) is 4.79 Å². The highest BCUT2D eigenvalue weighted by Gasteiger charge is 2.26. The average Bonchev–Trinajstić information content (AvgIpc) is 2.68. The summed E-state index contributed by atoms with van der Waals surface area (Å²) in [5, 5.41) is 5.49. The van der Waals surface area contributed by atoms with Crippen LogP contribution in [0.25, 0.3) is 0 Å². The minimum absolute atomic E-state index is 0.118. The minimum Gasteiger partial charge on any atom is -0.450 e. The average molecular weight is 375 g/mol. The summed E-state index contributed by atoms with van der Waals surface area (Å²) in [6.45, 7) is 7.06. The topological polar surface area (TPSA) is 87.7 Å². The summed E-state index contributed by atoms with van der Waals surface area (Å²) >= 11 is 0. The number of nitrogens with one attached hydrogen (secondary N) is 2. The van der Waals surface area contributed by atoms with Crippen LogP contribution in [0.5, 0.6) is 0 Å². The molecule has 0 saturated carbocycles. The van der Waals surface area contributed by atoms with Crippen molar-refractivity contribution in [3.05, 3.63) is 35.4 Å². The Morgan fingerprint density at radius 3 is 2.30 bits per heavy atom. The van der Waals surface area contributed by atoms with E-state index >= 15 is 0 Å². The highest BCUT2D eigenvalue weighted by Crippen LogP contribution is 2.14. The lowest BCUT2D eigenvalue weighted by molar-refractivity contribution is -0.140. The molecule has 1 atom stereocenters. The first-order valence-electron chi connectivity index (χ1n) is 9.56. The van der Waals surface area contributed by atoms with Crippen molar-refractivity contribution in [1.82, 2.24) is 15.5 Å². The number of rotatable bonds is 5. The zero-order valence-corrected chi connectivity index (χ0v) is 16.3. The van der Waals surface area contributed by atoms with Crippen LogP contribution in [0.4, 0.5) is 4.79 Å². The van der Waals surface area contributed by atoms with E-state index in [-0.39, 0.29) is 18.2 Å². The summed E-state index contributed by atoms with van der Waals surface area (Å²) in [4.78, 5) is 37.6. The molecule has 1 unspecified atom stereocenters. The molecule has 3 amide bonds. The first kappa shape index (κ1) is 20.7. The van der Waals surface area contributed by atoms with Gasteiger partial charge >= 0.3 is 17.9 Å². The summed E-state index contributed by atoms with van der Waals surface area (Å²) in [6.07, 6.45) is 1.83. The van der Waals surface area contributed by atoms with Crippen LogP contribution in [0, 0.1) is 0 Å². The molecule has 1 aliphatic rings. The van der Waals surface area contributed by atoms with Crippen LogP contribution < -0.4 is 10.6 Å². The Kier molecular flexibility index (Phi) is 7.64. The Morgan fingerprint density at radius 1 is 1.11 bits per heavy atom. The Bertz CT molecular complexity index is 652. The summed E-state index contributed by atoms with van der Waals surface area (Å²) in [7, 11) is 0. The zero-order chi connectivity index (χ0) is 19.8. The van der Waals surface area contributed by atoms with Crippen molar-refractivity contribution in [2.45, 2.75) is 52.1 Å². The van der Waals surface area contributed by atoms with Crippen LogP contribution in [0.1, 0.15) is 50.8 Å². The first-order valence-corrected chi connectivity index (χ1v) is 9.56. The van der Waals surface area contributed by atoms with Crippen LogP contribution in [-0.4, -0.2) is 48.5 Å². The van der Waals surface area contributed by atoms with Gasteiger partial charge in [-0.2, -0.15) is 0 Å². The summed E-state index contributed by atoms with van der Waals surface area (Å²) in [6, 6.07) is 7.61. The Hall–Kier alpha value is -2.57. The van der Waals surface area contributed by atoms with Gasteiger partial charge in [-0.05, 0) is 44.2 Å². The molecule has 1 aliphatic heterocycles. The van der Waals surface area contributed by atoms with E-state index in [0.717, 1.165) is 12.0 Å². The Balaban J connectivity index is 1.78. The molecule has 148 valence electrons. The third-order valence-electron chi connectivity index (χ3n) is 4.80. The molecule has 27 heavy (non-hydrogen) atoms. The summed E-state index contributed by atoms with van der Waals surface area (Å²) in [5.41, 5.74) is 2.18.